The molecule has 9 aromatic rings. The van der Waals surface area contributed by atoms with Crippen molar-refractivity contribution in [3.63, 3.8) is 0 Å². The van der Waals surface area contributed by atoms with Crippen LogP contribution in [0.15, 0.2) is 121 Å². The average molecular weight is 824 g/mol. The molecule has 0 unspecified atom stereocenters. The number of benzene rings is 9. The summed E-state index contributed by atoms with van der Waals surface area (Å²) in [6, 6.07) is 45.9. The molecule has 0 atom stereocenters. The smallest absolute Gasteiger partial charge is 0.0491 e. The summed E-state index contributed by atoms with van der Waals surface area (Å²) >= 11 is 15.3. The predicted molar refractivity (Wildman–Crippen MR) is 267 cm³/mol. The molecule has 0 bridgehead atoms. The van der Waals surface area contributed by atoms with Gasteiger partial charge in [-0.05, 0) is 145 Å². The van der Waals surface area contributed by atoms with E-state index in [1.54, 1.807) is 0 Å². The van der Waals surface area contributed by atoms with Crippen LogP contribution in [0, 0.1) is 0 Å². The second-order valence-corrected chi connectivity index (χ2v) is 22.1. The number of halogens is 2. The van der Waals surface area contributed by atoms with Gasteiger partial charge in [0.25, 0.3) is 0 Å². The van der Waals surface area contributed by atoms with E-state index in [-0.39, 0.29) is 21.7 Å². The van der Waals surface area contributed by atoms with Crippen molar-refractivity contribution in [2.45, 2.75) is 105 Å². The highest BCUT2D eigenvalue weighted by Gasteiger charge is 2.27. The fourth-order valence-corrected chi connectivity index (χ4v) is 9.95. The molecule has 0 aliphatic carbocycles. The molecule has 0 aliphatic rings. The lowest BCUT2D eigenvalue weighted by Crippen LogP contribution is -2.11. The van der Waals surface area contributed by atoms with Crippen LogP contribution in [0.4, 0.5) is 0 Å². The van der Waals surface area contributed by atoms with E-state index in [2.05, 4.69) is 204 Å². The van der Waals surface area contributed by atoms with Gasteiger partial charge in [-0.2, -0.15) is 0 Å². The molecule has 0 spiro atoms. The largest absolute Gasteiger partial charge is 0.0836 e. The van der Waals surface area contributed by atoms with Gasteiger partial charge in [0.2, 0.25) is 0 Å². The summed E-state index contributed by atoms with van der Waals surface area (Å²) in [6.45, 7) is 27.5. The molecule has 9 aromatic carbocycles. The lowest BCUT2D eigenvalue weighted by molar-refractivity contribution is 0.590. The summed E-state index contributed by atoms with van der Waals surface area (Å²) in [6.07, 6.45) is 0. The number of hydrogen-bond donors (Lipinski definition) is 0. The third kappa shape index (κ3) is 6.67. The molecule has 0 radical (unpaired) electrons. The number of rotatable bonds is 2. The van der Waals surface area contributed by atoms with Gasteiger partial charge in [-0.15, -0.1) is 0 Å². The van der Waals surface area contributed by atoms with Crippen LogP contribution in [0.2, 0.25) is 10.0 Å². The van der Waals surface area contributed by atoms with Gasteiger partial charge >= 0.3 is 0 Å². The first kappa shape index (κ1) is 40.5. The van der Waals surface area contributed by atoms with Crippen LogP contribution in [0.1, 0.15) is 105 Å². The first-order valence-electron chi connectivity index (χ1n) is 21.5. The minimum atomic E-state index is -0.0420. The van der Waals surface area contributed by atoms with Gasteiger partial charge in [0, 0.05) is 31.9 Å². The molecule has 302 valence electrons. The molecule has 0 N–H and O–H groups in total. The van der Waals surface area contributed by atoms with Crippen LogP contribution >= 0.6 is 23.2 Å². The molecule has 0 fully saturated rings. The second kappa shape index (κ2) is 13.8. The minimum absolute atomic E-state index is 0.000982. The maximum atomic E-state index is 7.66. The minimum Gasteiger partial charge on any atom is -0.0836 e. The molecule has 0 amide bonds. The van der Waals surface area contributed by atoms with Crippen molar-refractivity contribution in [1.29, 1.82) is 0 Å². The van der Waals surface area contributed by atoms with Gasteiger partial charge in [-0.25, -0.2) is 0 Å². The first-order chi connectivity index (χ1) is 28.1. The van der Waals surface area contributed by atoms with Crippen molar-refractivity contribution in [3.8, 4) is 22.3 Å². The molecule has 0 saturated heterocycles. The van der Waals surface area contributed by atoms with Crippen molar-refractivity contribution in [2.75, 3.05) is 0 Å². The van der Waals surface area contributed by atoms with E-state index in [1.165, 1.54) is 76.5 Å². The van der Waals surface area contributed by atoms with E-state index in [9.17, 15) is 0 Å². The lowest BCUT2D eigenvalue weighted by atomic mass is 9.78. The summed E-state index contributed by atoms with van der Waals surface area (Å²) in [5.74, 6) is 0. The Morgan fingerprint density at radius 1 is 0.283 bits per heavy atom. The molecule has 9 rings (SSSR count). The molecular formula is C58H56Cl2. The molecule has 0 nitrogen and oxygen atoms in total. The Labute approximate surface area is 366 Å². The molecular weight excluding hydrogens is 768 g/mol. The Balaban J connectivity index is 1.54. The maximum Gasteiger partial charge on any atom is 0.0491 e. The maximum absolute atomic E-state index is 7.66. The van der Waals surface area contributed by atoms with Gasteiger partial charge < -0.3 is 0 Å². The third-order valence-electron chi connectivity index (χ3n) is 12.9. The van der Waals surface area contributed by atoms with Crippen LogP contribution < -0.4 is 0 Å². The fourth-order valence-electron chi connectivity index (χ4n) is 9.41. The van der Waals surface area contributed by atoms with Gasteiger partial charge in [-0.3, -0.25) is 0 Å². The summed E-state index contributed by atoms with van der Waals surface area (Å²) < 4.78 is 0. The standard InChI is InChI=1S/C58H56Cl2/c1-55(2,3)37-23-25-41-35(29-37)27-33-19-21-39(57(7,8)9)31-45(33)49(41)53-43-15-13-18-48(60)52(43)54(44-16-14-17-47(59)51(44)53)50-42-26-24-38(56(4,5)6)30-36(42)28-34-20-22-40(32-46(34)50)58(10,11)12/h13-32H,1-12H3. The topological polar surface area (TPSA) is 0 Å². The summed E-state index contributed by atoms with van der Waals surface area (Å²) in [5.41, 5.74) is 9.75. The second-order valence-electron chi connectivity index (χ2n) is 21.3. The van der Waals surface area contributed by atoms with Crippen LogP contribution in [0.3, 0.4) is 0 Å². The van der Waals surface area contributed by atoms with Crippen molar-refractivity contribution in [2.24, 2.45) is 0 Å². The normalized spacial score (nSPS) is 13.2. The van der Waals surface area contributed by atoms with Crippen LogP contribution in [0.25, 0.3) is 86.9 Å². The quantitative estimate of drug-likeness (QED) is 0.152. The van der Waals surface area contributed by atoms with E-state index in [0.717, 1.165) is 42.7 Å². The van der Waals surface area contributed by atoms with E-state index >= 15 is 0 Å². The number of hydrogen-bond acceptors (Lipinski definition) is 0. The monoisotopic (exact) mass is 822 g/mol. The zero-order valence-corrected chi connectivity index (χ0v) is 38.8. The predicted octanol–water partition coefficient (Wildman–Crippen LogP) is 18.4. The zero-order chi connectivity index (χ0) is 42.8. The average Bonchev–Trinajstić information content (AvgIpc) is 3.16. The molecule has 0 saturated carbocycles. The van der Waals surface area contributed by atoms with Gasteiger partial charge in [0.15, 0.2) is 0 Å². The molecule has 2 heteroatoms. The molecule has 0 heterocycles. The third-order valence-corrected chi connectivity index (χ3v) is 13.6. The highest BCUT2D eigenvalue weighted by atomic mass is 35.5. The van der Waals surface area contributed by atoms with Gasteiger partial charge in [-0.1, -0.05) is 191 Å². The Kier molecular flexibility index (Phi) is 9.33. The van der Waals surface area contributed by atoms with Crippen molar-refractivity contribution < 1.29 is 0 Å². The lowest BCUT2D eigenvalue weighted by Gasteiger charge is -2.26. The Morgan fingerprint density at radius 2 is 0.617 bits per heavy atom. The highest BCUT2D eigenvalue weighted by molar-refractivity contribution is 6.44. The van der Waals surface area contributed by atoms with E-state index in [1.807, 2.05) is 0 Å². The Morgan fingerprint density at radius 3 is 0.967 bits per heavy atom. The van der Waals surface area contributed by atoms with Crippen molar-refractivity contribution in [3.05, 3.63) is 154 Å². The Hall–Kier alpha value is -4.88. The van der Waals surface area contributed by atoms with Crippen LogP contribution in [-0.4, -0.2) is 0 Å². The van der Waals surface area contributed by atoms with E-state index in [4.69, 9.17) is 23.2 Å². The van der Waals surface area contributed by atoms with Crippen LogP contribution in [-0.2, 0) is 21.7 Å². The van der Waals surface area contributed by atoms with Crippen molar-refractivity contribution in [1.82, 2.24) is 0 Å². The zero-order valence-electron chi connectivity index (χ0n) is 37.3. The summed E-state index contributed by atoms with van der Waals surface area (Å²) in [5, 5.41) is 15.4. The van der Waals surface area contributed by atoms with Gasteiger partial charge in [0.05, 0.1) is 0 Å². The number of fused-ring (bicyclic) bond motifs is 6. The van der Waals surface area contributed by atoms with Gasteiger partial charge in [0.1, 0.15) is 0 Å². The molecule has 60 heavy (non-hydrogen) atoms. The SMILES string of the molecule is CC(C)(C)c1ccc2c(-c3c4cccc(Cl)c4c(-c4c5ccc(C(C)(C)C)cc5cc5ccc(C(C)(C)C)cc45)c4cccc(Cl)c34)c3cc(C(C)(C)C)ccc3cc2c1. The fraction of sp³-hybridized carbons (Fsp3) is 0.276. The first-order valence-corrected chi connectivity index (χ1v) is 22.2. The summed E-state index contributed by atoms with van der Waals surface area (Å²) in [7, 11) is 0. The van der Waals surface area contributed by atoms with E-state index < -0.39 is 0 Å². The molecule has 0 aliphatic heterocycles. The molecule has 0 aromatic heterocycles. The highest BCUT2D eigenvalue weighted by Crippen LogP contribution is 2.54. The van der Waals surface area contributed by atoms with E-state index in [0.29, 0.717) is 0 Å². The van der Waals surface area contributed by atoms with Crippen molar-refractivity contribution >= 4 is 87.8 Å². The van der Waals surface area contributed by atoms with Crippen LogP contribution in [0.5, 0.6) is 0 Å². The summed E-state index contributed by atoms with van der Waals surface area (Å²) in [4.78, 5) is 0. The Bertz CT molecular complexity index is 3020.